The van der Waals surface area contributed by atoms with Crippen LogP contribution in [0.1, 0.15) is 45.2 Å². The van der Waals surface area contributed by atoms with Crippen molar-refractivity contribution in [2.75, 3.05) is 19.3 Å². The van der Waals surface area contributed by atoms with Crippen LogP contribution in [0.5, 0.6) is 0 Å². The van der Waals surface area contributed by atoms with Crippen LogP contribution < -0.4 is 0 Å². The van der Waals surface area contributed by atoms with Gasteiger partial charge >= 0.3 is 6.09 Å². The van der Waals surface area contributed by atoms with Crippen molar-refractivity contribution in [1.29, 1.82) is 0 Å². The Balaban J connectivity index is 1.70. The first-order chi connectivity index (χ1) is 16.4. The molecule has 0 spiro atoms. The lowest BCUT2D eigenvalue weighted by molar-refractivity contribution is 0.0204. The summed E-state index contributed by atoms with van der Waals surface area (Å²) in [5, 5.41) is 8.10. The van der Waals surface area contributed by atoms with E-state index in [1.807, 2.05) is 32.9 Å². The summed E-state index contributed by atoms with van der Waals surface area (Å²) >= 11 is 6.08. The number of nitrogens with zero attached hydrogens (tertiary/aromatic N) is 4. The molecule has 0 bridgehead atoms. The fourth-order valence-corrected chi connectivity index (χ4v) is 4.71. The first-order valence-corrected chi connectivity index (χ1v) is 13.5. The van der Waals surface area contributed by atoms with E-state index in [1.165, 1.54) is 6.20 Å². The molecular weight excluding hydrogens is 490 g/mol. The van der Waals surface area contributed by atoms with Crippen molar-refractivity contribution in [3.05, 3.63) is 47.2 Å². The van der Waals surface area contributed by atoms with E-state index in [0.29, 0.717) is 42.3 Å². The smallest absolute Gasteiger partial charge is 0.410 e. The Kier molecular flexibility index (Phi) is 6.88. The lowest BCUT2D eigenvalue weighted by Gasteiger charge is -2.33. The third-order valence-electron chi connectivity index (χ3n) is 5.69. The second-order valence-corrected chi connectivity index (χ2v) is 12.0. The van der Waals surface area contributed by atoms with E-state index in [0.717, 1.165) is 23.1 Å². The molecule has 1 amide bonds. The number of aromatic amines is 1. The number of amides is 1. The third-order valence-corrected chi connectivity index (χ3v) is 6.80. The molecule has 0 saturated carbocycles. The molecule has 4 rings (SSSR count). The number of sulfone groups is 1. The van der Waals surface area contributed by atoms with E-state index in [2.05, 4.69) is 20.2 Å². The molecule has 1 aliphatic heterocycles. The fraction of sp³-hybridized carbons (Fsp3) is 0.417. The van der Waals surface area contributed by atoms with Crippen molar-refractivity contribution in [3.63, 3.8) is 0 Å². The van der Waals surface area contributed by atoms with Crippen molar-refractivity contribution < 1.29 is 17.9 Å². The number of rotatable bonds is 4. The Morgan fingerprint density at radius 3 is 2.40 bits per heavy atom. The highest BCUT2D eigenvalue weighted by atomic mass is 35.5. The van der Waals surface area contributed by atoms with Crippen LogP contribution in [-0.4, -0.2) is 64.5 Å². The summed E-state index contributed by atoms with van der Waals surface area (Å²) in [5.41, 5.74) is 2.93. The molecule has 35 heavy (non-hydrogen) atoms. The summed E-state index contributed by atoms with van der Waals surface area (Å²) in [7, 11) is -3.60. The van der Waals surface area contributed by atoms with Gasteiger partial charge in [0.1, 0.15) is 11.3 Å². The van der Waals surface area contributed by atoms with Gasteiger partial charge in [0.25, 0.3) is 0 Å². The molecule has 9 nitrogen and oxygen atoms in total. The van der Waals surface area contributed by atoms with Crippen LogP contribution in [0.4, 0.5) is 4.79 Å². The van der Waals surface area contributed by atoms with E-state index in [1.54, 1.807) is 23.1 Å². The van der Waals surface area contributed by atoms with Gasteiger partial charge in [0.2, 0.25) is 15.0 Å². The normalized spacial score (nSPS) is 15.3. The molecule has 186 valence electrons. The van der Waals surface area contributed by atoms with Crippen molar-refractivity contribution in [3.8, 4) is 22.5 Å². The zero-order chi connectivity index (χ0) is 25.4. The van der Waals surface area contributed by atoms with Crippen molar-refractivity contribution in [2.45, 2.75) is 50.3 Å². The first kappa shape index (κ1) is 25.1. The van der Waals surface area contributed by atoms with Gasteiger partial charge in [-0.2, -0.15) is 5.10 Å². The van der Waals surface area contributed by atoms with Gasteiger partial charge in [-0.15, -0.1) is 0 Å². The first-order valence-electron chi connectivity index (χ1n) is 11.3. The predicted molar refractivity (Wildman–Crippen MR) is 133 cm³/mol. The number of H-pyrrole nitrogens is 1. The van der Waals surface area contributed by atoms with Gasteiger partial charge in [0.15, 0.2) is 0 Å². The third kappa shape index (κ3) is 5.82. The van der Waals surface area contributed by atoms with Crippen LogP contribution in [0.3, 0.4) is 0 Å². The maximum absolute atomic E-state index is 12.5. The topological polar surface area (TPSA) is 118 Å². The Bertz CT molecular complexity index is 1320. The molecule has 1 aromatic carbocycles. The number of likely N-dealkylation sites (tertiary alicyclic amines) is 1. The minimum Gasteiger partial charge on any atom is -0.444 e. The summed E-state index contributed by atoms with van der Waals surface area (Å²) in [4.78, 5) is 22.5. The van der Waals surface area contributed by atoms with E-state index in [-0.39, 0.29) is 17.2 Å². The van der Waals surface area contributed by atoms with Crippen LogP contribution in [0.25, 0.3) is 22.5 Å². The van der Waals surface area contributed by atoms with Crippen LogP contribution in [0.15, 0.2) is 41.7 Å². The Hall–Kier alpha value is -2.98. The van der Waals surface area contributed by atoms with Crippen LogP contribution in [0, 0.1) is 0 Å². The highest BCUT2D eigenvalue weighted by Gasteiger charge is 2.31. The van der Waals surface area contributed by atoms with Gasteiger partial charge < -0.3 is 9.64 Å². The van der Waals surface area contributed by atoms with Gasteiger partial charge in [-0.25, -0.2) is 23.2 Å². The number of hydrogen-bond acceptors (Lipinski definition) is 7. The number of benzene rings is 1. The maximum Gasteiger partial charge on any atom is 0.410 e. The minimum atomic E-state index is -3.60. The quantitative estimate of drug-likeness (QED) is 0.498. The van der Waals surface area contributed by atoms with E-state index in [4.69, 9.17) is 16.3 Å². The highest BCUT2D eigenvalue weighted by Crippen LogP contribution is 2.39. The van der Waals surface area contributed by atoms with Crippen molar-refractivity contribution in [2.24, 2.45) is 0 Å². The number of halogens is 1. The molecule has 1 saturated heterocycles. The molecule has 3 heterocycles. The summed E-state index contributed by atoms with van der Waals surface area (Å²) in [6, 6.07) is 8.94. The summed E-state index contributed by atoms with van der Waals surface area (Å²) in [6.07, 6.45) is 3.58. The predicted octanol–water partition coefficient (Wildman–Crippen LogP) is 4.71. The average molecular weight is 518 g/mol. The number of aromatic nitrogens is 4. The highest BCUT2D eigenvalue weighted by molar-refractivity contribution is 7.90. The molecule has 0 radical (unpaired) electrons. The zero-order valence-corrected chi connectivity index (χ0v) is 21.7. The van der Waals surface area contributed by atoms with Gasteiger partial charge in [-0.3, -0.25) is 5.10 Å². The maximum atomic E-state index is 12.5. The second kappa shape index (κ2) is 9.58. The summed E-state index contributed by atoms with van der Waals surface area (Å²) in [5.74, 6) is 0.0638. The van der Waals surface area contributed by atoms with Crippen LogP contribution in [0.2, 0.25) is 5.02 Å². The number of nitrogens with one attached hydrogen (secondary N) is 1. The Morgan fingerprint density at radius 1 is 1.14 bits per heavy atom. The van der Waals surface area contributed by atoms with Gasteiger partial charge in [0.05, 0.1) is 5.69 Å². The van der Waals surface area contributed by atoms with Crippen molar-refractivity contribution in [1.82, 2.24) is 25.1 Å². The lowest BCUT2D eigenvalue weighted by Crippen LogP contribution is -2.41. The summed E-state index contributed by atoms with van der Waals surface area (Å²) < 4.78 is 29.8. The largest absolute Gasteiger partial charge is 0.444 e. The molecule has 0 unspecified atom stereocenters. The molecular formula is C24H28ClN5O4S. The fourth-order valence-electron chi connectivity index (χ4n) is 4.06. The molecule has 11 heteroatoms. The molecule has 1 aliphatic rings. The van der Waals surface area contributed by atoms with Crippen LogP contribution >= 0.6 is 11.6 Å². The van der Waals surface area contributed by atoms with E-state index in [9.17, 15) is 13.2 Å². The molecule has 0 aliphatic carbocycles. The standard InChI is InChI=1S/C24H28ClN5O4S/c1-24(2,3)34-23(31)30-13-10-16(11-14-30)21-19(18-9-12-26-22(27-18)35(4,32)33)20(28-29-21)15-5-7-17(25)8-6-15/h5-9,12,16H,10-11,13-14H2,1-4H3,(H,28,29). The minimum absolute atomic E-state index is 0.0638. The van der Waals surface area contributed by atoms with Crippen molar-refractivity contribution >= 4 is 27.5 Å². The number of hydrogen-bond donors (Lipinski definition) is 1. The molecule has 3 aromatic rings. The molecule has 1 fully saturated rings. The van der Waals surface area contributed by atoms with Gasteiger partial charge in [0, 0.05) is 53.3 Å². The monoisotopic (exact) mass is 517 g/mol. The van der Waals surface area contributed by atoms with E-state index < -0.39 is 15.4 Å². The Labute approximate surface area is 209 Å². The Morgan fingerprint density at radius 2 is 1.80 bits per heavy atom. The molecule has 1 N–H and O–H groups in total. The number of piperidine rings is 1. The molecule has 2 aromatic heterocycles. The zero-order valence-electron chi connectivity index (χ0n) is 20.1. The summed E-state index contributed by atoms with van der Waals surface area (Å²) in [6.45, 7) is 6.61. The van der Waals surface area contributed by atoms with Crippen LogP contribution in [-0.2, 0) is 14.6 Å². The average Bonchev–Trinajstić information content (AvgIpc) is 3.23. The van der Waals surface area contributed by atoms with Gasteiger partial charge in [-0.1, -0.05) is 23.7 Å². The number of carbonyl (C=O) groups is 1. The second-order valence-electron chi connectivity index (χ2n) is 9.61. The van der Waals surface area contributed by atoms with E-state index >= 15 is 0 Å². The molecule has 0 atom stereocenters. The number of ether oxygens (including phenoxy) is 1. The van der Waals surface area contributed by atoms with Gasteiger partial charge in [-0.05, 0) is 51.8 Å². The lowest BCUT2D eigenvalue weighted by atomic mass is 9.89. The SMILES string of the molecule is CC(C)(C)OC(=O)N1CCC(c2[nH]nc(-c3ccc(Cl)cc3)c2-c2ccnc(S(C)(=O)=O)n2)CC1. The number of carbonyl (C=O) groups excluding carboxylic acids is 1.